The fourth-order valence-corrected chi connectivity index (χ4v) is 4.06. The van der Waals surface area contributed by atoms with Crippen molar-refractivity contribution in [2.24, 2.45) is 0 Å². The highest BCUT2D eigenvalue weighted by Gasteiger charge is 2.06. The summed E-state index contributed by atoms with van der Waals surface area (Å²) in [5.41, 5.74) is 7.50. The van der Waals surface area contributed by atoms with Gasteiger partial charge in [0.05, 0.1) is 0 Å². The lowest BCUT2D eigenvalue weighted by Gasteiger charge is -2.09. The number of pyridine rings is 2. The number of nitrogens with one attached hydrogen (secondary N) is 2. The molecule has 2 N–H and O–H groups in total. The van der Waals surface area contributed by atoms with Crippen molar-refractivity contribution in [3.05, 3.63) is 109 Å². The minimum absolute atomic E-state index is 1.22. The fraction of sp³-hybridized carbons (Fsp3) is 0.0714. The van der Waals surface area contributed by atoms with Crippen LogP contribution in [-0.2, 0) is 0 Å². The van der Waals surface area contributed by atoms with Crippen LogP contribution in [0.25, 0.3) is 43.8 Å². The molecular formula is C28H24N2+2. The summed E-state index contributed by atoms with van der Waals surface area (Å²) in [7, 11) is 0. The number of hydrogen-bond donors (Lipinski definition) is 0. The molecule has 0 aliphatic heterocycles. The maximum absolute atomic E-state index is 3.11. The van der Waals surface area contributed by atoms with Crippen LogP contribution in [0.5, 0.6) is 0 Å². The predicted octanol–water partition coefficient (Wildman–Crippen LogP) is 6.13. The van der Waals surface area contributed by atoms with Crippen LogP contribution in [0, 0.1) is 13.8 Å². The van der Waals surface area contributed by atoms with Gasteiger partial charge in [-0.15, -0.1) is 0 Å². The molecule has 0 spiro atoms. The Morgan fingerprint density at radius 3 is 1.00 bits per heavy atom. The van der Waals surface area contributed by atoms with Crippen molar-refractivity contribution >= 4 is 21.5 Å². The maximum atomic E-state index is 3.11. The van der Waals surface area contributed by atoms with E-state index in [2.05, 4.69) is 96.6 Å². The highest BCUT2D eigenvalue weighted by molar-refractivity contribution is 5.88. The van der Waals surface area contributed by atoms with Crippen LogP contribution in [0.4, 0.5) is 0 Å². The molecular weight excluding hydrogens is 364 g/mol. The Bertz CT molecular complexity index is 1220. The van der Waals surface area contributed by atoms with Gasteiger partial charge in [0.25, 0.3) is 0 Å². The van der Waals surface area contributed by atoms with E-state index in [1.807, 2.05) is 24.8 Å². The summed E-state index contributed by atoms with van der Waals surface area (Å²) in [6.07, 6.45) is 7.89. The van der Waals surface area contributed by atoms with E-state index in [1.165, 1.54) is 54.9 Å². The number of rotatable bonds is 2. The predicted molar refractivity (Wildman–Crippen MR) is 124 cm³/mol. The van der Waals surface area contributed by atoms with Crippen LogP contribution in [0.2, 0.25) is 0 Å². The molecule has 0 aliphatic carbocycles. The van der Waals surface area contributed by atoms with Crippen LogP contribution in [0.1, 0.15) is 11.1 Å². The summed E-state index contributed by atoms with van der Waals surface area (Å²) in [5.74, 6) is 0. The van der Waals surface area contributed by atoms with Gasteiger partial charge in [0.1, 0.15) is 0 Å². The zero-order chi connectivity index (χ0) is 20.5. The first-order valence-corrected chi connectivity index (χ1v) is 10.3. The monoisotopic (exact) mass is 388 g/mol. The van der Waals surface area contributed by atoms with Gasteiger partial charge in [0.15, 0.2) is 24.8 Å². The number of aromatic amines is 2. The lowest BCUT2D eigenvalue weighted by Crippen LogP contribution is -1.97. The molecule has 0 saturated heterocycles. The van der Waals surface area contributed by atoms with Gasteiger partial charge in [-0.3, -0.25) is 0 Å². The summed E-state index contributed by atoms with van der Waals surface area (Å²) in [6, 6.07) is 26.6. The smallest absolute Gasteiger partial charge is 0.167 e. The summed E-state index contributed by atoms with van der Waals surface area (Å²) >= 11 is 0. The van der Waals surface area contributed by atoms with Gasteiger partial charge < -0.3 is 0 Å². The molecule has 3 aromatic carbocycles. The van der Waals surface area contributed by atoms with E-state index in [1.54, 1.807) is 0 Å². The molecule has 0 atom stereocenters. The van der Waals surface area contributed by atoms with Crippen molar-refractivity contribution in [2.75, 3.05) is 0 Å². The Hall–Kier alpha value is -3.78. The molecule has 2 heterocycles. The van der Waals surface area contributed by atoms with Gasteiger partial charge in [-0.1, -0.05) is 24.3 Å². The number of aryl methyl sites for hydroxylation is 2. The van der Waals surface area contributed by atoms with E-state index >= 15 is 0 Å². The average molecular weight is 389 g/mol. The minimum Gasteiger partial charge on any atom is -0.218 e. The standard InChI is InChI=1S/C28H22N2/c1-19-23-3-5-25-17-28(22-9-13-30-14-10-22)18-26(20(25)2)6-4-24(19)16-27(15-23)21-7-11-29-12-8-21/h3-18H,1-2H3/p+2. The molecule has 0 radical (unpaired) electrons. The number of hydrogen-bond acceptors (Lipinski definition) is 0. The SMILES string of the molecule is Cc1c2ccc3cc(-c4cc[nH+]cc4)cc(ccc1cc(-c1cc[nH+]cc1)c2)c3C. The number of fused-ring (bicyclic) bond motifs is 4. The van der Waals surface area contributed by atoms with Gasteiger partial charge in [-0.05, 0) is 93.0 Å². The highest BCUT2D eigenvalue weighted by Crippen LogP contribution is 2.29. The molecule has 0 unspecified atom stereocenters. The van der Waals surface area contributed by atoms with Crippen molar-refractivity contribution in [1.82, 2.24) is 0 Å². The highest BCUT2D eigenvalue weighted by atomic mass is 14.6. The number of H-pyrrole nitrogens is 2. The Morgan fingerprint density at radius 2 is 0.700 bits per heavy atom. The topological polar surface area (TPSA) is 28.3 Å². The molecule has 5 rings (SSSR count). The molecule has 2 heteroatoms. The second-order valence-electron chi connectivity index (χ2n) is 7.80. The van der Waals surface area contributed by atoms with Crippen molar-refractivity contribution in [2.45, 2.75) is 13.8 Å². The summed E-state index contributed by atoms with van der Waals surface area (Å²) in [5, 5.41) is 5.01. The zero-order valence-corrected chi connectivity index (χ0v) is 17.2. The molecule has 30 heavy (non-hydrogen) atoms. The largest absolute Gasteiger partial charge is 0.218 e. The molecule has 2 aromatic heterocycles. The van der Waals surface area contributed by atoms with Gasteiger partial charge in [0, 0.05) is 24.3 Å². The van der Waals surface area contributed by atoms with E-state index in [0.717, 1.165) is 0 Å². The van der Waals surface area contributed by atoms with E-state index in [0.29, 0.717) is 0 Å². The van der Waals surface area contributed by atoms with Crippen molar-refractivity contribution < 1.29 is 9.97 Å². The van der Waals surface area contributed by atoms with Crippen molar-refractivity contribution in [3.8, 4) is 22.3 Å². The quantitative estimate of drug-likeness (QED) is 0.348. The van der Waals surface area contributed by atoms with Gasteiger partial charge in [-0.2, -0.15) is 0 Å². The Kier molecular flexibility index (Phi) is 4.61. The molecule has 5 aromatic rings. The van der Waals surface area contributed by atoms with Crippen molar-refractivity contribution in [1.29, 1.82) is 0 Å². The Morgan fingerprint density at radius 1 is 0.400 bits per heavy atom. The van der Waals surface area contributed by atoms with Gasteiger partial charge >= 0.3 is 0 Å². The minimum atomic E-state index is 1.22. The van der Waals surface area contributed by atoms with Crippen LogP contribution in [-0.4, -0.2) is 0 Å². The molecule has 0 saturated carbocycles. The second kappa shape index (κ2) is 7.57. The summed E-state index contributed by atoms with van der Waals surface area (Å²) < 4.78 is 0. The average Bonchev–Trinajstić information content (AvgIpc) is 2.79. The van der Waals surface area contributed by atoms with Crippen LogP contribution < -0.4 is 9.97 Å². The fourth-order valence-electron chi connectivity index (χ4n) is 4.06. The third-order valence-corrected chi connectivity index (χ3v) is 5.96. The first kappa shape index (κ1) is 18.3. The summed E-state index contributed by atoms with van der Waals surface area (Å²) in [6.45, 7) is 4.41. The Labute approximate surface area is 176 Å². The molecule has 0 amide bonds. The van der Waals surface area contributed by atoms with Crippen LogP contribution >= 0.6 is 0 Å². The van der Waals surface area contributed by atoms with E-state index in [4.69, 9.17) is 0 Å². The zero-order valence-electron chi connectivity index (χ0n) is 17.2. The maximum Gasteiger partial charge on any atom is 0.167 e. The van der Waals surface area contributed by atoms with Gasteiger partial charge in [-0.25, -0.2) is 9.97 Å². The first-order valence-electron chi connectivity index (χ1n) is 10.3. The van der Waals surface area contributed by atoms with Crippen LogP contribution in [0.15, 0.2) is 97.6 Å². The lowest BCUT2D eigenvalue weighted by molar-refractivity contribution is -0.378. The number of aromatic nitrogens is 2. The Balaban J connectivity index is 1.81. The summed E-state index contributed by atoms with van der Waals surface area (Å²) in [4.78, 5) is 6.22. The molecule has 0 fully saturated rings. The van der Waals surface area contributed by atoms with E-state index in [-0.39, 0.29) is 0 Å². The molecule has 4 bridgehead atoms. The van der Waals surface area contributed by atoms with E-state index < -0.39 is 0 Å². The first-order chi connectivity index (χ1) is 14.7. The normalized spacial score (nSPS) is 11.0. The number of benzene rings is 2. The molecule has 0 aliphatic rings. The molecule has 144 valence electrons. The lowest BCUT2D eigenvalue weighted by atomic mass is 9.96. The van der Waals surface area contributed by atoms with Crippen LogP contribution in [0.3, 0.4) is 0 Å². The second-order valence-corrected chi connectivity index (χ2v) is 7.80. The third-order valence-electron chi connectivity index (χ3n) is 5.96. The van der Waals surface area contributed by atoms with Crippen molar-refractivity contribution in [3.63, 3.8) is 0 Å². The third kappa shape index (κ3) is 3.37. The van der Waals surface area contributed by atoms with Gasteiger partial charge in [0.2, 0.25) is 0 Å². The van der Waals surface area contributed by atoms with E-state index in [9.17, 15) is 0 Å². The molecule has 2 nitrogen and oxygen atoms in total.